The predicted octanol–water partition coefficient (Wildman–Crippen LogP) is 1.85. The number of rotatable bonds is 4. The Morgan fingerprint density at radius 1 is 1.32 bits per heavy atom. The molecular weight excluding hydrogens is 321 g/mol. The van der Waals surface area contributed by atoms with E-state index in [0.717, 1.165) is 37.8 Å². The Hall–Kier alpha value is -1.95. The molecule has 0 bridgehead atoms. The van der Waals surface area contributed by atoms with Crippen LogP contribution in [0.1, 0.15) is 41.6 Å². The normalized spacial score (nSPS) is 23.5. The van der Waals surface area contributed by atoms with Crippen LogP contribution < -0.4 is 10.6 Å². The smallest absolute Gasteiger partial charge is 0.254 e. The van der Waals surface area contributed by atoms with Gasteiger partial charge in [-0.3, -0.25) is 9.59 Å². The van der Waals surface area contributed by atoms with Gasteiger partial charge in [-0.05, 0) is 62.8 Å². The molecule has 6 heteroatoms. The minimum Gasteiger partial charge on any atom is -0.354 e. The standard InChI is InChI=1S/C19H26FN3O2/c1-13-6-7-15(20)10-16(13)19(25)23-9-3-4-14(12-23)11-22-18(24)17-5-2-8-21-17/h6-7,10,14,17,21H,2-5,8-9,11-12H2,1H3,(H,22,24). The van der Waals surface area contributed by atoms with Gasteiger partial charge >= 0.3 is 0 Å². The van der Waals surface area contributed by atoms with Gasteiger partial charge < -0.3 is 15.5 Å². The van der Waals surface area contributed by atoms with Crippen molar-refractivity contribution in [3.05, 3.63) is 35.1 Å². The number of halogens is 1. The van der Waals surface area contributed by atoms with E-state index in [1.807, 2.05) is 6.92 Å². The Morgan fingerprint density at radius 2 is 2.16 bits per heavy atom. The fraction of sp³-hybridized carbons (Fsp3) is 0.579. The molecule has 2 atom stereocenters. The van der Waals surface area contributed by atoms with E-state index in [-0.39, 0.29) is 29.6 Å². The first-order chi connectivity index (χ1) is 12.0. The van der Waals surface area contributed by atoms with E-state index in [4.69, 9.17) is 0 Å². The minimum atomic E-state index is -0.390. The maximum atomic E-state index is 13.5. The van der Waals surface area contributed by atoms with Crippen LogP contribution in [0.3, 0.4) is 0 Å². The van der Waals surface area contributed by atoms with Gasteiger partial charge in [0, 0.05) is 25.2 Å². The lowest BCUT2D eigenvalue weighted by atomic mass is 9.96. The zero-order chi connectivity index (χ0) is 17.8. The SMILES string of the molecule is Cc1ccc(F)cc1C(=O)N1CCCC(CNC(=O)C2CCCN2)C1. The van der Waals surface area contributed by atoms with Crippen LogP contribution in [0.15, 0.2) is 18.2 Å². The first-order valence-corrected chi connectivity index (χ1v) is 9.11. The maximum Gasteiger partial charge on any atom is 0.254 e. The third-order valence-electron chi connectivity index (χ3n) is 5.18. The van der Waals surface area contributed by atoms with Crippen LogP contribution in [-0.4, -0.2) is 48.9 Å². The summed E-state index contributed by atoms with van der Waals surface area (Å²) in [6.45, 7) is 4.60. The van der Waals surface area contributed by atoms with Gasteiger partial charge in [0.2, 0.25) is 5.91 Å². The van der Waals surface area contributed by atoms with Crippen LogP contribution in [-0.2, 0) is 4.79 Å². The van der Waals surface area contributed by atoms with E-state index in [0.29, 0.717) is 25.2 Å². The summed E-state index contributed by atoms with van der Waals surface area (Å²) < 4.78 is 13.5. The molecule has 3 rings (SSSR count). The van der Waals surface area contributed by atoms with Crippen molar-refractivity contribution in [2.24, 2.45) is 5.92 Å². The monoisotopic (exact) mass is 347 g/mol. The van der Waals surface area contributed by atoms with E-state index in [9.17, 15) is 14.0 Å². The van der Waals surface area contributed by atoms with E-state index in [1.54, 1.807) is 11.0 Å². The number of likely N-dealkylation sites (tertiary alicyclic amines) is 1. The van der Waals surface area contributed by atoms with E-state index >= 15 is 0 Å². The van der Waals surface area contributed by atoms with Crippen LogP contribution in [0.2, 0.25) is 0 Å². The molecule has 25 heavy (non-hydrogen) atoms. The Balaban J connectivity index is 1.56. The van der Waals surface area contributed by atoms with Gasteiger partial charge in [0.15, 0.2) is 0 Å². The number of benzene rings is 1. The highest BCUT2D eigenvalue weighted by Crippen LogP contribution is 2.20. The quantitative estimate of drug-likeness (QED) is 0.874. The second-order valence-electron chi connectivity index (χ2n) is 7.11. The minimum absolute atomic E-state index is 0.0573. The molecular formula is C19H26FN3O2. The van der Waals surface area contributed by atoms with Crippen molar-refractivity contribution in [2.75, 3.05) is 26.2 Å². The maximum absolute atomic E-state index is 13.5. The fourth-order valence-electron chi connectivity index (χ4n) is 3.69. The van der Waals surface area contributed by atoms with Crippen molar-refractivity contribution in [1.82, 2.24) is 15.5 Å². The number of nitrogens with one attached hydrogen (secondary N) is 2. The van der Waals surface area contributed by atoms with Gasteiger partial charge in [0.05, 0.1) is 6.04 Å². The highest BCUT2D eigenvalue weighted by Gasteiger charge is 2.27. The first-order valence-electron chi connectivity index (χ1n) is 9.11. The zero-order valence-corrected chi connectivity index (χ0v) is 14.7. The number of nitrogens with zero attached hydrogens (tertiary/aromatic N) is 1. The lowest BCUT2D eigenvalue weighted by Crippen LogP contribution is -2.46. The summed E-state index contributed by atoms with van der Waals surface area (Å²) >= 11 is 0. The lowest BCUT2D eigenvalue weighted by Gasteiger charge is -2.33. The number of amides is 2. The number of carbonyl (C=O) groups excluding carboxylic acids is 2. The van der Waals surface area contributed by atoms with Crippen molar-refractivity contribution in [2.45, 2.75) is 38.6 Å². The molecule has 0 radical (unpaired) electrons. The van der Waals surface area contributed by atoms with Crippen LogP contribution in [0, 0.1) is 18.7 Å². The topological polar surface area (TPSA) is 61.4 Å². The molecule has 2 saturated heterocycles. The zero-order valence-electron chi connectivity index (χ0n) is 14.7. The summed E-state index contributed by atoms with van der Waals surface area (Å²) in [5.41, 5.74) is 1.22. The molecule has 2 aliphatic rings. The van der Waals surface area contributed by atoms with Crippen molar-refractivity contribution < 1.29 is 14.0 Å². The van der Waals surface area contributed by atoms with Crippen molar-refractivity contribution in [1.29, 1.82) is 0 Å². The Bertz CT molecular complexity index is 644. The number of hydrogen-bond donors (Lipinski definition) is 2. The number of aryl methyl sites for hydroxylation is 1. The third kappa shape index (κ3) is 4.37. The fourth-order valence-corrected chi connectivity index (χ4v) is 3.69. The van der Waals surface area contributed by atoms with Crippen LogP contribution in [0.25, 0.3) is 0 Å². The molecule has 2 fully saturated rings. The van der Waals surface area contributed by atoms with Gasteiger partial charge in [-0.15, -0.1) is 0 Å². The summed E-state index contributed by atoms with van der Waals surface area (Å²) in [5.74, 6) is -0.205. The largest absolute Gasteiger partial charge is 0.354 e. The molecule has 2 amide bonds. The van der Waals surface area contributed by atoms with Crippen molar-refractivity contribution in [3.63, 3.8) is 0 Å². The summed E-state index contributed by atoms with van der Waals surface area (Å²) in [5, 5.41) is 6.21. The lowest BCUT2D eigenvalue weighted by molar-refractivity contribution is -0.123. The molecule has 2 N–H and O–H groups in total. The van der Waals surface area contributed by atoms with Crippen molar-refractivity contribution in [3.8, 4) is 0 Å². The molecule has 0 aromatic heterocycles. The molecule has 0 aliphatic carbocycles. The molecule has 2 aliphatic heterocycles. The molecule has 1 aromatic carbocycles. The highest BCUT2D eigenvalue weighted by atomic mass is 19.1. The molecule has 0 spiro atoms. The molecule has 136 valence electrons. The molecule has 2 unspecified atom stereocenters. The summed E-state index contributed by atoms with van der Waals surface area (Å²) in [6, 6.07) is 4.25. The highest BCUT2D eigenvalue weighted by molar-refractivity contribution is 5.95. The summed E-state index contributed by atoms with van der Waals surface area (Å²) in [6.07, 6.45) is 3.82. The van der Waals surface area contributed by atoms with Crippen molar-refractivity contribution >= 4 is 11.8 Å². The van der Waals surface area contributed by atoms with E-state index in [1.165, 1.54) is 12.1 Å². The van der Waals surface area contributed by atoms with Gasteiger partial charge in [-0.25, -0.2) is 4.39 Å². The van der Waals surface area contributed by atoms with Gasteiger partial charge in [-0.2, -0.15) is 0 Å². The van der Waals surface area contributed by atoms with Gasteiger partial charge in [0.1, 0.15) is 5.82 Å². The van der Waals surface area contributed by atoms with Crippen LogP contribution >= 0.6 is 0 Å². The molecule has 2 heterocycles. The molecule has 0 saturated carbocycles. The van der Waals surface area contributed by atoms with Crippen LogP contribution in [0.4, 0.5) is 4.39 Å². The Kier molecular flexibility index (Phi) is 5.68. The summed E-state index contributed by atoms with van der Waals surface area (Å²) in [7, 11) is 0. The average molecular weight is 347 g/mol. The molecule has 5 nitrogen and oxygen atoms in total. The van der Waals surface area contributed by atoms with Crippen LogP contribution in [0.5, 0.6) is 0 Å². The van der Waals surface area contributed by atoms with Gasteiger partial charge in [0.25, 0.3) is 5.91 Å². The second kappa shape index (κ2) is 7.95. The third-order valence-corrected chi connectivity index (χ3v) is 5.18. The van der Waals surface area contributed by atoms with E-state index in [2.05, 4.69) is 10.6 Å². The first kappa shape index (κ1) is 17.9. The number of carbonyl (C=O) groups is 2. The Labute approximate surface area is 148 Å². The number of hydrogen-bond acceptors (Lipinski definition) is 3. The van der Waals surface area contributed by atoms with E-state index < -0.39 is 0 Å². The molecule has 1 aromatic rings. The number of piperidine rings is 1. The average Bonchev–Trinajstić information content (AvgIpc) is 3.16. The predicted molar refractivity (Wildman–Crippen MR) is 93.8 cm³/mol. The van der Waals surface area contributed by atoms with Gasteiger partial charge in [-0.1, -0.05) is 6.07 Å². The Morgan fingerprint density at radius 3 is 2.92 bits per heavy atom. The second-order valence-corrected chi connectivity index (χ2v) is 7.11. The summed E-state index contributed by atoms with van der Waals surface area (Å²) in [4.78, 5) is 26.6.